The summed E-state index contributed by atoms with van der Waals surface area (Å²) in [5, 5.41) is 11.4. The summed E-state index contributed by atoms with van der Waals surface area (Å²) in [6.07, 6.45) is 3.37. The fraction of sp³-hybridized carbons (Fsp3) is 0.357. The van der Waals surface area contributed by atoms with Crippen molar-refractivity contribution in [2.45, 2.75) is 38.5 Å². The third-order valence-electron chi connectivity index (χ3n) is 7.40. The average molecular weight is 506 g/mol. The molecule has 8 heteroatoms. The molecule has 5 rings (SSSR count). The number of carbonyl (C=O) groups excluding carboxylic acids is 1. The Hall–Kier alpha value is -3.23. The van der Waals surface area contributed by atoms with Crippen LogP contribution in [-0.4, -0.2) is 59.7 Å². The molecule has 0 bridgehead atoms. The standard InChI is InChI=1S/C28H31N3O4S/c1-4-36(34,35)21-7-5-6-20(13-21)23-14-22(28(33)31-10-8-19(16-32)9-11-31)18(3)26-25(23)24-12-17(2)15-29-27(24)30-26/h5-7,12-15,19,32H,4,8-11,16H2,1-3H3,(H,29,30). The van der Waals surface area contributed by atoms with E-state index in [1.54, 1.807) is 31.3 Å². The van der Waals surface area contributed by atoms with Gasteiger partial charge in [0.05, 0.1) is 16.2 Å². The topological polar surface area (TPSA) is 103 Å². The molecule has 0 unspecified atom stereocenters. The van der Waals surface area contributed by atoms with Crippen molar-refractivity contribution in [1.82, 2.24) is 14.9 Å². The number of carbonyl (C=O) groups is 1. The number of nitrogens with zero attached hydrogens (tertiary/aromatic N) is 2. The Kier molecular flexibility index (Phi) is 6.34. The number of pyridine rings is 1. The van der Waals surface area contributed by atoms with Crippen molar-refractivity contribution in [2.75, 3.05) is 25.4 Å². The first kappa shape index (κ1) is 24.5. The highest BCUT2D eigenvalue weighted by Gasteiger charge is 2.27. The van der Waals surface area contributed by atoms with E-state index in [0.29, 0.717) is 18.7 Å². The Morgan fingerprint density at radius 3 is 2.61 bits per heavy atom. The smallest absolute Gasteiger partial charge is 0.254 e. The van der Waals surface area contributed by atoms with Gasteiger partial charge in [0.2, 0.25) is 0 Å². The van der Waals surface area contributed by atoms with Crippen molar-refractivity contribution in [3.63, 3.8) is 0 Å². The summed E-state index contributed by atoms with van der Waals surface area (Å²) in [5.41, 5.74) is 5.55. The molecule has 1 fully saturated rings. The first-order valence-electron chi connectivity index (χ1n) is 12.4. The van der Waals surface area contributed by atoms with Crippen molar-refractivity contribution in [1.29, 1.82) is 0 Å². The number of aliphatic hydroxyl groups is 1. The van der Waals surface area contributed by atoms with E-state index in [0.717, 1.165) is 57.0 Å². The lowest BCUT2D eigenvalue weighted by atomic mass is 9.92. The zero-order valence-corrected chi connectivity index (χ0v) is 21.7. The summed E-state index contributed by atoms with van der Waals surface area (Å²) in [7, 11) is -3.39. The number of fused-ring (bicyclic) bond motifs is 3. The average Bonchev–Trinajstić information content (AvgIpc) is 3.28. The zero-order chi connectivity index (χ0) is 25.6. The molecule has 188 valence electrons. The highest BCUT2D eigenvalue weighted by atomic mass is 32.2. The van der Waals surface area contributed by atoms with Gasteiger partial charge < -0.3 is 15.0 Å². The zero-order valence-electron chi connectivity index (χ0n) is 20.8. The van der Waals surface area contributed by atoms with Crippen molar-refractivity contribution < 1.29 is 18.3 Å². The van der Waals surface area contributed by atoms with E-state index in [2.05, 4.69) is 16.0 Å². The van der Waals surface area contributed by atoms with Crippen LogP contribution in [0.5, 0.6) is 0 Å². The Labute approximate surface area is 211 Å². The summed E-state index contributed by atoms with van der Waals surface area (Å²) < 4.78 is 25.3. The van der Waals surface area contributed by atoms with Crippen LogP contribution in [0.1, 0.15) is 41.3 Å². The number of nitrogens with one attached hydrogen (secondary N) is 1. The monoisotopic (exact) mass is 505 g/mol. The quantitative estimate of drug-likeness (QED) is 0.411. The number of piperidine rings is 1. The van der Waals surface area contributed by atoms with Gasteiger partial charge in [0, 0.05) is 42.2 Å². The van der Waals surface area contributed by atoms with E-state index >= 15 is 0 Å². The normalized spacial score (nSPS) is 15.2. The molecule has 2 N–H and O–H groups in total. The first-order chi connectivity index (χ1) is 17.2. The number of sulfone groups is 1. The maximum atomic E-state index is 13.7. The van der Waals surface area contributed by atoms with E-state index in [1.807, 2.05) is 30.9 Å². The van der Waals surface area contributed by atoms with Crippen LogP contribution in [0.3, 0.4) is 0 Å². The number of aromatic nitrogens is 2. The van der Waals surface area contributed by atoms with Crippen LogP contribution >= 0.6 is 0 Å². The molecule has 0 radical (unpaired) electrons. The number of hydrogen-bond donors (Lipinski definition) is 2. The SMILES string of the molecule is CCS(=O)(=O)c1cccc(-c2cc(C(=O)N3CCC(CO)CC3)c(C)c3[nH]c4ncc(C)cc4c23)c1. The van der Waals surface area contributed by atoms with Crippen LogP contribution in [0.2, 0.25) is 0 Å². The number of likely N-dealkylation sites (tertiary alicyclic amines) is 1. The molecule has 1 amide bonds. The molecule has 3 heterocycles. The highest BCUT2D eigenvalue weighted by Crippen LogP contribution is 2.39. The lowest BCUT2D eigenvalue weighted by Gasteiger charge is -2.31. The largest absolute Gasteiger partial charge is 0.396 e. The molecule has 1 aliphatic rings. The molecule has 1 saturated heterocycles. The number of aliphatic hydroxyl groups excluding tert-OH is 1. The molecule has 1 aliphatic heterocycles. The van der Waals surface area contributed by atoms with E-state index < -0.39 is 9.84 Å². The minimum absolute atomic E-state index is 0.0174. The predicted octanol–water partition coefficient (Wildman–Crippen LogP) is 4.64. The maximum Gasteiger partial charge on any atom is 0.254 e. The van der Waals surface area contributed by atoms with Gasteiger partial charge >= 0.3 is 0 Å². The number of hydrogen-bond acceptors (Lipinski definition) is 5. The molecule has 2 aromatic carbocycles. The van der Waals surface area contributed by atoms with Gasteiger partial charge in [-0.2, -0.15) is 0 Å². The summed E-state index contributed by atoms with van der Waals surface area (Å²) >= 11 is 0. The lowest BCUT2D eigenvalue weighted by Crippen LogP contribution is -2.39. The second kappa shape index (κ2) is 9.33. The van der Waals surface area contributed by atoms with Gasteiger partial charge in [-0.1, -0.05) is 19.1 Å². The molecule has 2 aromatic heterocycles. The van der Waals surface area contributed by atoms with Crippen molar-refractivity contribution in [3.8, 4) is 11.1 Å². The number of amides is 1. The lowest BCUT2D eigenvalue weighted by molar-refractivity contribution is 0.0650. The highest BCUT2D eigenvalue weighted by molar-refractivity contribution is 7.91. The Morgan fingerprint density at radius 2 is 1.92 bits per heavy atom. The van der Waals surface area contributed by atoms with Crippen LogP contribution < -0.4 is 0 Å². The van der Waals surface area contributed by atoms with Gasteiger partial charge in [-0.15, -0.1) is 0 Å². The second-order valence-corrected chi connectivity index (χ2v) is 12.0. The first-order valence-corrected chi connectivity index (χ1v) is 14.0. The molecule has 36 heavy (non-hydrogen) atoms. The van der Waals surface area contributed by atoms with Crippen molar-refractivity contribution in [2.24, 2.45) is 5.92 Å². The van der Waals surface area contributed by atoms with Crippen LogP contribution in [0.25, 0.3) is 33.1 Å². The number of aryl methyl sites for hydroxylation is 2. The Bertz CT molecular complexity index is 1580. The fourth-order valence-corrected chi connectivity index (χ4v) is 6.08. The molecule has 0 saturated carbocycles. The van der Waals surface area contributed by atoms with E-state index in [4.69, 9.17) is 0 Å². The molecule has 0 atom stereocenters. The molecule has 7 nitrogen and oxygen atoms in total. The van der Waals surface area contributed by atoms with E-state index in [9.17, 15) is 18.3 Å². The minimum atomic E-state index is -3.39. The Morgan fingerprint density at radius 1 is 1.17 bits per heavy atom. The summed E-state index contributed by atoms with van der Waals surface area (Å²) in [5.74, 6) is 0.204. The minimum Gasteiger partial charge on any atom is -0.396 e. The molecule has 0 aliphatic carbocycles. The van der Waals surface area contributed by atoms with Gasteiger partial charge in [0.1, 0.15) is 5.65 Å². The van der Waals surface area contributed by atoms with Crippen LogP contribution in [0.15, 0.2) is 47.5 Å². The van der Waals surface area contributed by atoms with Gasteiger partial charge in [-0.05, 0) is 79.1 Å². The number of aromatic amines is 1. The maximum absolute atomic E-state index is 13.7. The van der Waals surface area contributed by atoms with Gasteiger partial charge in [-0.3, -0.25) is 4.79 Å². The molecule has 0 spiro atoms. The summed E-state index contributed by atoms with van der Waals surface area (Å²) in [6, 6.07) is 10.9. The van der Waals surface area contributed by atoms with Crippen LogP contribution in [0.4, 0.5) is 0 Å². The van der Waals surface area contributed by atoms with Crippen LogP contribution in [-0.2, 0) is 9.84 Å². The van der Waals surface area contributed by atoms with Gasteiger partial charge in [-0.25, -0.2) is 13.4 Å². The predicted molar refractivity (Wildman–Crippen MR) is 142 cm³/mol. The Balaban J connectivity index is 1.74. The number of H-pyrrole nitrogens is 1. The summed E-state index contributed by atoms with van der Waals surface area (Å²) in [4.78, 5) is 23.8. The van der Waals surface area contributed by atoms with Crippen molar-refractivity contribution >= 4 is 37.7 Å². The second-order valence-electron chi connectivity index (χ2n) is 9.73. The van der Waals surface area contributed by atoms with Crippen molar-refractivity contribution in [3.05, 3.63) is 59.3 Å². The fourth-order valence-electron chi connectivity index (χ4n) is 5.16. The van der Waals surface area contributed by atoms with Gasteiger partial charge in [0.15, 0.2) is 9.84 Å². The van der Waals surface area contributed by atoms with E-state index in [1.165, 1.54) is 0 Å². The summed E-state index contributed by atoms with van der Waals surface area (Å²) in [6.45, 7) is 6.93. The molecular weight excluding hydrogens is 474 g/mol. The van der Waals surface area contributed by atoms with Gasteiger partial charge in [0.25, 0.3) is 5.91 Å². The number of rotatable bonds is 5. The van der Waals surface area contributed by atoms with Crippen LogP contribution in [0, 0.1) is 19.8 Å². The number of benzene rings is 2. The third kappa shape index (κ3) is 4.18. The molecule has 4 aromatic rings. The molecular formula is C28H31N3O4S. The van der Waals surface area contributed by atoms with E-state index in [-0.39, 0.29) is 29.1 Å². The third-order valence-corrected chi connectivity index (χ3v) is 9.13.